The molecule has 1 aliphatic rings. The number of morpholine rings is 1. The summed E-state index contributed by atoms with van der Waals surface area (Å²) in [6.45, 7) is 4.27. The lowest BCUT2D eigenvalue weighted by atomic mass is 10.1. The molecule has 0 radical (unpaired) electrons. The highest BCUT2D eigenvalue weighted by Crippen LogP contribution is 2.14. The topological polar surface area (TPSA) is 41.6 Å². The standard InChI is InChI=1S/C19H20F2N2O2/c20-16-5-6-17(18(21)11-16)19(24)22-12-14-3-1-2-4-15(14)13-23-7-9-25-10-8-23/h1-6,11H,7-10,12-13H2,(H,22,24). The smallest absolute Gasteiger partial charge is 0.254 e. The minimum atomic E-state index is -0.862. The molecule has 1 saturated heterocycles. The van der Waals surface area contributed by atoms with Gasteiger partial charge in [0.05, 0.1) is 18.8 Å². The van der Waals surface area contributed by atoms with Crippen molar-refractivity contribution < 1.29 is 18.3 Å². The molecule has 4 nitrogen and oxygen atoms in total. The Hall–Kier alpha value is -2.31. The number of nitrogens with zero attached hydrogens (tertiary/aromatic N) is 1. The van der Waals surface area contributed by atoms with Gasteiger partial charge in [-0.2, -0.15) is 0 Å². The number of benzene rings is 2. The molecule has 3 rings (SSSR count). The van der Waals surface area contributed by atoms with Gasteiger partial charge in [0.1, 0.15) is 11.6 Å². The lowest BCUT2D eigenvalue weighted by molar-refractivity contribution is 0.0340. The number of nitrogens with one attached hydrogen (secondary N) is 1. The quantitative estimate of drug-likeness (QED) is 0.905. The molecule has 0 atom stereocenters. The lowest BCUT2D eigenvalue weighted by Crippen LogP contribution is -2.36. The predicted molar refractivity (Wildman–Crippen MR) is 90.1 cm³/mol. The number of rotatable bonds is 5. The van der Waals surface area contributed by atoms with Crippen LogP contribution in [0.15, 0.2) is 42.5 Å². The van der Waals surface area contributed by atoms with E-state index in [0.29, 0.717) is 6.07 Å². The van der Waals surface area contributed by atoms with Crippen LogP contribution < -0.4 is 5.32 Å². The van der Waals surface area contributed by atoms with Crippen molar-refractivity contribution in [3.05, 3.63) is 70.8 Å². The Morgan fingerprint density at radius 3 is 2.52 bits per heavy atom. The molecule has 0 unspecified atom stereocenters. The number of ether oxygens (including phenoxy) is 1. The van der Waals surface area contributed by atoms with E-state index in [2.05, 4.69) is 10.2 Å². The van der Waals surface area contributed by atoms with E-state index in [4.69, 9.17) is 4.74 Å². The number of carbonyl (C=O) groups excluding carboxylic acids is 1. The maximum Gasteiger partial charge on any atom is 0.254 e. The van der Waals surface area contributed by atoms with Crippen LogP contribution in [0.4, 0.5) is 8.78 Å². The van der Waals surface area contributed by atoms with Crippen molar-refractivity contribution in [3.8, 4) is 0 Å². The zero-order valence-electron chi connectivity index (χ0n) is 13.8. The third-order valence-electron chi connectivity index (χ3n) is 4.23. The van der Waals surface area contributed by atoms with Crippen molar-refractivity contribution in [3.63, 3.8) is 0 Å². The molecular formula is C19H20F2N2O2. The highest BCUT2D eigenvalue weighted by molar-refractivity contribution is 5.94. The van der Waals surface area contributed by atoms with E-state index in [-0.39, 0.29) is 12.1 Å². The number of hydrogen-bond donors (Lipinski definition) is 1. The zero-order chi connectivity index (χ0) is 17.6. The van der Waals surface area contributed by atoms with Gasteiger partial charge in [-0.3, -0.25) is 9.69 Å². The van der Waals surface area contributed by atoms with Crippen molar-refractivity contribution in [1.82, 2.24) is 10.2 Å². The van der Waals surface area contributed by atoms with Crippen LogP contribution in [0.2, 0.25) is 0 Å². The molecular weight excluding hydrogens is 326 g/mol. The minimum Gasteiger partial charge on any atom is -0.379 e. The fraction of sp³-hybridized carbons (Fsp3) is 0.316. The molecule has 0 spiro atoms. The number of halogens is 2. The van der Waals surface area contributed by atoms with Crippen LogP contribution in [-0.2, 0) is 17.8 Å². The molecule has 1 amide bonds. The second-order valence-corrected chi connectivity index (χ2v) is 5.96. The van der Waals surface area contributed by atoms with Gasteiger partial charge in [-0.05, 0) is 23.3 Å². The van der Waals surface area contributed by atoms with Crippen LogP contribution in [0.3, 0.4) is 0 Å². The van der Waals surface area contributed by atoms with Crippen molar-refractivity contribution in [1.29, 1.82) is 0 Å². The normalized spacial score (nSPS) is 15.1. The largest absolute Gasteiger partial charge is 0.379 e. The van der Waals surface area contributed by atoms with Gasteiger partial charge in [-0.25, -0.2) is 8.78 Å². The molecule has 6 heteroatoms. The first-order valence-electron chi connectivity index (χ1n) is 8.23. The van der Waals surface area contributed by atoms with Crippen LogP contribution in [0.1, 0.15) is 21.5 Å². The Labute approximate surface area is 145 Å². The van der Waals surface area contributed by atoms with Crippen LogP contribution in [0.5, 0.6) is 0 Å². The molecule has 2 aromatic rings. The molecule has 0 aliphatic carbocycles. The first-order valence-corrected chi connectivity index (χ1v) is 8.23. The Balaban J connectivity index is 1.65. The van der Waals surface area contributed by atoms with Gasteiger partial charge in [-0.15, -0.1) is 0 Å². The summed E-state index contributed by atoms with van der Waals surface area (Å²) in [6, 6.07) is 10.8. The highest BCUT2D eigenvalue weighted by atomic mass is 19.1. The zero-order valence-corrected chi connectivity index (χ0v) is 13.8. The predicted octanol–water partition coefficient (Wildman–Crippen LogP) is 2.73. The summed E-state index contributed by atoms with van der Waals surface area (Å²) < 4.78 is 32.0. The van der Waals surface area contributed by atoms with Gasteiger partial charge in [0.25, 0.3) is 5.91 Å². The monoisotopic (exact) mass is 346 g/mol. The summed E-state index contributed by atoms with van der Waals surface area (Å²) >= 11 is 0. The number of hydrogen-bond acceptors (Lipinski definition) is 3. The molecule has 25 heavy (non-hydrogen) atoms. The van der Waals surface area contributed by atoms with Crippen molar-refractivity contribution in [2.45, 2.75) is 13.1 Å². The molecule has 132 valence electrons. The van der Waals surface area contributed by atoms with E-state index < -0.39 is 17.5 Å². The summed E-state index contributed by atoms with van der Waals surface area (Å²) in [5.41, 5.74) is 1.93. The third-order valence-corrected chi connectivity index (χ3v) is 4.23. The molecule has 1 heterocycles. The average molecular weight is 346 g/mol. The van der Waals surface area contributed by atoms with Crippen molar-refractivity contribution in [2.24, 2.45) is 0 Å². The molecule has 1 aliphatic heterocycles. The van der Waals surface area contributed by atoms with Gasteiger partial charge < -0.3 is 10.1 Å². The Kier molecular flexibility index (Phi) is 5.73. The van der Waals surface area contributed by atoms with E-state index >= 15 is 0 Å². The SMILES string of the molecule is O=C(NCc1ccccc1CN1CCOCC1)c1ccc(F)cc1F. The van der Waals surface area contributed by atoms with E-state index in [0.717, 1.165) is 56.1 Å². The Morgan fingerprint density at radius 1 is 1.08 bits per heavy atom. The first kappa shape index (κ1) is 17.5. The maximum atomic E-state index is 13.7. The molecule has 1 fully saturated rings. The molecule has 1 N–H and O–H groups in total. The van der Waals surface area contributed by atoms with Crippen molar-refractivity contribution in [2.75, 3.05) is 26.3 Å². The lowest BCUT2D eigenvalue weighted by Gasteiger charge is -2.27. The van der Waals surface area contributed by atoms with Crippen LogP contribution in [0, 0.1) is 11.6 Å². The van der Waals surface area contributed by atoms with E-state index in [1.807, 2.05) is 24.3 Å². The summed E-state index contributed by atoms with van der Waals surface area (Å²) in [7, 11) is 0. The average Bonchev–Trinajstić information content (AvgIpc) is 2.61. The molecule has 0 bridgehead atoms. The minimum absolute atomic E-state index is 0.160. The summed E-state index contributed by atoms with van der Waals surface area (Å²) in [5, 5.41) is 2.71. The van der Waals surface area contributed by atoms with Crippen molar-refractivity contribution >= 4 is 5.91 Å². The van der Waals surface area contributed by atoms with Gasteiger partial charge in [0.2, 0.25) is 0 Å². The highest BCUT2D eigenvalue weighted by Gasteiger charge is 2.15. The van der Waals surface area contributed by atoms with Crippen LogP contribution >= 0.6 is 0 Å². The van der Waals surface area contributed by atoms with E-state index in [9.17, 15) is 13.6 Å². The first-order chi connectivity index (χ1) is 12.1. The molecule has 2 aromatic carbocycles. The molecule has 0 saturated carbocycles. The Morgan fingerprint density at radius 2 is 1.80 bits per heavy atom. The second kappa shape index (κ2) is 8.18. The van der Waals surface area contributed by atoms with Crippen LogP contribution in [0.25, 0.3) is 0 Å². The third kappa shape index (κ3) is 4.61. The summed E-state index contributed by atoms with van der Waals surface area (Å²) in [6.07, 6.45) is 0. The van der Waals surface area contributed by atoms with Crippen LogP contribution in [-0.4, -0.2) is 37.1 Å². The maximum absolute atomic E-state index is 13.7. The fourth-order valence-electron chi connectivity index (χ4n) is 2.83. The van der Waals surface area contributed by atoms with E-state index in [1.54, 1.807) is 0 Å². The Bertz CT molecular complexity index is 746. The number of carbonyl (C=O) groups is 1. The van der Waals surface area contributed by atoms with Gasteiger partial charge in [0.15, 0.2) is 0 Å². The fourth-order valence-corrected chi connectivity index (χ4v) is 2.83. The summed E-state index contributed by atoms with van der Waals surface area (Å²) in [5.74, 6) is -2.12. The number of amides is 1. The van der Waals surface area contributed by atoms with Gasteiger partial charge in [0, 0.05) is 32.2 Å². The summed E-state index contributed by atoms with van der Waals surface area (Å²) in [4.78, 5) is 14.4. The second-order valence-electron chi connectivity index (χ2n) is 5.96. The van der Waals surface area contributed by atoms with Gasteiger partial charge in [-0.1, -0.05) is 24.3 Å². The molecule has 0 aromatic heterocycles. The van der Waals surface area contributed by atoms with Gasteiger partial charge >= 0.3 is 0 Å². The van der Waals surface area contributed by atoms with E-state index in [1.165, 1.54) is 0 Å².